The smallest absolute Gasteiger partial charge is 0.125 e. The van der Waals surface area contributed by atoms with Gasteiger partial charge in [-0.2, -0.15) is 0 Å². The molecule has 0 spiro atoms. The van der Waals surface area contributed by atoms with Crippen molar-refractivity contribution in [3.05, 3.63) is 59.2 Å². The average molecular weight is 284 g/mol. The summed E-state index contributed by atoms with van der Waals surface area (Å²) in [7, 11) is 1.64. The number of hydrogen-bond donors (Lipinski definition) is 1. The van der Waals surface area contributed by atoms with E-state index in [2.05, 4.69) is 0 Å². The Balaban J connectivity index is 1.89. The summed E-state index contributed by atoms with van der Waals surface area (Å²) in [5.74, 6) is 1.60. The van der Waals surface area contributed by atoms with Crippen LogP contribution in [0.15, 0.2) is 42.5 Å². The molecule has 2 unspecified atom stereocenters. The molecule has 3 heteroatoms. The number of fused-ring (bicyclic) bond motifs is 1. The Bertz CT molecular complexity index is 622. The van der Waals surface area contributed by atoms with Crippen LogP contribution < -0.4 is 9.47 Å². The van der Waals surface area contributed by atoms with Gasteiger partial charge in [0.1, 0.15) is 17.6 Å². The van der Waals surface area contributed by atoms with Crippen molar-refractivity contribution in [1.82, 2.24) is 0 Å². The van der Waals surface area contributed by atoms with Crippen LogP contribution in [0.1, 0.15) is 29.7 Å². The molecule has 1 N–H and O–H groups in total. The van der Waals surface area contributed by atoms with Gasteiger partial charge in [-0.3, -0.25) is 0 Å². The zero-order valence-electron chi connectivity index (χ0n) is 12.4. The molecule has 110 valence electrons. The van der Waals surface area contributed by atoms with Crippen molar-refractivity contribution in [3.8, 4) is 11.5 Å². The Morgan fingerprint density at radius 3 is 2.76 bits per heavy atom. The summed E-state index contributed by atoms with van der Waals surface area (Å²) < 4.78 is 11.2. The second kappa shape index (κ2) is 5.78. The van der Waals surface area contributed by atoms with Gasteiger partial charge in [-0.15, -0.1) is 0 Å². The van der Waals surface area contributed by atoms with Gasteiger partial charge in [0.05, 0.1) is 13.2 Å². The molecular formula is C18H20O3. The van der Waals surface area contributed by atoms with Crippen LogP contribution in [-0.2, 0) is 12.8 Å². The minimum Gasteiger partial charge on any atom is -0.496 e. The van der Waals surface area contributed by atoms with Gasteiger partial charge in [-0.1, -0.05) is 30.3 Å². The summed E-state index contributed by atoms with van der Waals surface area (Å²) in [4.78, 5) is 0. The van der Waals surface area contributed by atoms with Crippen molar-refractivity contribution in [2.45, 2.75) is 32.0 Å². The quantitative estimate of drug-likeness (QED) is 0.936. The van der Waals surface area contributed by atoms with E-state index in [9.17, 15) is 5.11 Å². The molecular weight excluding hydrogens is 264 g/mol. The Morgan fingerprint density at radius 1 is 1.29 bits per heavy atom. The van der Waals surface area contributed by atoms with Crippen molar-refractivity contribution in [2.75, 3.05) is 7.11 Å². The minimum absolute atomic E-state index is 0.186. The Labute approximate surface area is 125 Å². The van der Waals surface area contributed by atoms with Gasteiger partial charge < -0.3 is 14.6 Å². The van der Waals surface area contributed by atoms with Crippen LogP contribution in [0.4, 0.5) is 0 Å². The minimum atomic E-state index is -0.604. The predicted molar refractivity (Wildman–Crippen MR) is 81.9 cm³/mol. The van der Waals surface area contributed by atoms with Gasteiger partial charge in [0.15, 0.2) is 0 Å². The highest BCUT2D eigenvalue weighted by atomic mass is 16.5. The van der Waals surface area contributed by atoms with Crippen molar-refractivity contribution < 1.29 is 14.6 Å². The van der Waals surface area contributed by atoms with Gasteiger partial charge in [0.2, 0.25) is 0 Å². The van der Waals surface area contributed by atoms with Crippen LogP contribution >= 0.6 is 0 Å². The molecule has 3 nitrogen and oxygen atoms in total. The maximum atomic E-state index is 10.5. The third kappa shape index (κ3) is 2.88. The van der Waals surface area contributed by atoms with Gasteiger partial charge in [-0.05, 0) is 24.6 Å². The van der Waals surface area contributed by atoms with Crippen LogP contribution in [0.3, 0.4) is 0 Å². The average Bonchev–Trinajstić information content (AvgIpc) is 2.85. The highest BCUT2D eigenvalue weighted by Crippen LogP contribution is 2.38. The fourth-order valence-corrected chi connectivity index (χ4v) is 2.84. The summed E-state index contributed by atoms with van der Waals surface area (Å²) in [5.41, 5.74) is 3.03. The van der Waals surface area contributed by atoms with Crippen LogP contribution in [0.25, 0.3) is 0 Å². The number of aliphatic hydroxyl groups is 1. The first kappa shape index (κ1) is 14.0. The number of benzene rings is 2. The summed E-state index contributed by atoms with van der Waals surface area (Å²) in [5, 5.41) is 10.5. The van der Waals surface area contributed by atoms with E-state index < -0.39 is 6.10 Å². The van der Waals surface area contributed by atoms with E-state index in [0.29, 0.717) is 6.42 Å². The highest BCUT2D eigenvalue weighted by Gasteiger charge is 2.24. The molecule has 0 aliphatic carbocycles. The molecule has 21 heavy (non-hydrogen) atoms. The molecule has 1 aliphatic rings. The van der Waals surface area contributed by atoms with E-state index in [-0.39, 0.29) is 6.10 Å². The third-order valence-electron chi connectivity index (χ3n) is 3.88. The molecule has 2 aromatic carbocycles. The number of aliphatic hydroxyl groups excluding tert-OH is 1. The van der Waals surface area contributed by atoms with Crippen LogP contribution in [0, 0.1) is 0 Å². The molecule has 2 aromatic rings. The van der Waals surface area contributed by atoms with E-state index in [1.165, 1.54) is 0 Å². The highest BCUT2D eigenvalue weighted by molar-refractivity contribution is 5.49. The van der Waals surface area contributed by atoms with Crippen LogP contribution in [-0.4, -0.2) is 18.3 Å². The SMILES string of the molecule is COc1cc2c(cc1C(O)Cc1ccccc1)OC(C)C2. The maximum absolute atomic E-state index is 10.5. The molecule has 2 atom stereocenters. The first-order valence-electron chi connectivity index (χ1n) is 7.27. The van der Waals surface area contributed by atoms with Crippen LogP contribution in [0.5, 0.6) is 11.5 Å². The molecule has 0 saturated carbocycles. The fourth-order valence-electron chi connectivity index (χ4n) is 2.84. The van der Waals surface area contributed by atoms with E-state index >= 15 is 0 Å². The molecule has 1 aliphatic heterocycles. The lowest BCUT2D eigenvalue weighted by Crippen LogP contribution is -2.06. The standard InChI is InChI=1S/C18H20O3/c1-12-8-14-10-18(20-2)15(11-17(14)21-12)16(19)9-13-6-4-3-5-7-13/h3-7,10-12,16,19H,8-9H2,1-2H3. The van der Waals surface area contributed by atoms with E-state index in [4.69, 9.17) is 9.47 Å². The lowest BCUT2D eigenvalue weighted by Gasteiger charge is -2.16. The lowest BCUT2D eigenvalue weighted by atomic mass is 9.98. The number of ether oxygens (including phenoxy) is 2. The molecule has 0 aromatic heterocycles. The summed E-state index contributed by atoms with van der Waals surface area (Å²) >= 11 is 0. The maximum Gasteiger partial charge on any atom is 0.125 e. The number of methoxy groups -OCH3 is 1. The van der Waals surface area contributed by atoms with Gasteiger partial charge >= 0.3 is 0 Å². The summed E-state index contributed by atoms with van der Waals surface area (Å²) in [6.45, 7) is 2.05. The van der Waals surface area contributed by atoms with E-state index in [1.807, 2.05) is 49.4 Å². The molecule has 0 bridgehead atoms. The first-order chi connectivity index (χ1) is 10.2. The lowest BCUT2D eigenvalue weighted by molar-refractivity contribution is 0.173. The van der Waals surface area contributed by atoms with E-state index in [1.54, 1.807) is 7.11 Å². The van der Waals surface area contributed by atoms with Crippen molar-refractivity contribution in [1.29, 1.82) is 0 Å². The molecule has 1 heterocycles. The second-order valence-electron chi connectivity index (χ2n) is 5.54. The summed E-state index contributed by atoms with van der Waals surface area (Å²) in [6.07, 6.45) is 1.03. The normalized spacial score (nSPS) is 18.0. The van der Waals surface area contributed by atoms with E-state index in [0.717, 1.165) is 34.6 Å². The van der Waals surface area contributed by atoms with Crippen molar-refractivity contribution >= 4 is 0 Å². The van der Waals surface area contributed by atoms with Gasteiger partial charge in [0.25, 0.3) is 0 Å². The Kier molecular flexibility index (Phi) is 3.84. The molecule has 0 saturated heterocycles. The number of hydrogen-bond acceptors (Lipinski definition) is 3. The fraction of sp³-hybridized carbons (Fsp3) is 0.333. The topological polar surface area (TPSA) is 38.7 Å². The Hall–Kier alpha value is -2.00. The third-order valence-corrected chi connectivity index (χ3v) is 3.88. The van der Waals surface area contributed by atoms with Crippen LogP contribution in [0.2, 0.25) is 0 Å². The monoisotopic (exact) mass is 284 g/mol. The number of rotatable bonds is 4. The molecule has 3 rings (SSSR count). The Morgan fingerprint density at radius 2 is 2.05 bits per heavy atom. The van der Waals surface area contributed by atoms with Crippen molar-refractivity contribution in [3.63, 3.8) is 0 Å². The second-order valence-corrected chi connectivity index (χ2v) is 5.54. The molecule has 0 fully saturated rings. The van der Waals surface area contributed by atoms with Gasteiger partial charge in [-0.25, -0.2) is 0 Å². The predicted octanol–water partition coefficient (Wildman–Crippen LogP) is 3.29. The summed E-state index contributed by atoms with van der Waals surface area (Å²) in [6, 6.07) is 13.9. The van der Waals surface area contributed by atoms with Gasteiger partial charge in [0, 0.05) is 24.0 Å². The molecule has 0 radical (unpaired) electrons. The molecule has 0 amide bonds. The van der Waals surface area contributed by atoms with Crippen molar-refractivity contribution in [2.24, 2.45) is 0 Å². The zero-order valence-corrected chi connectivity index (χ0v) is 12.4. The first-order valence-corrected chi connectivity index (χ1v) is 7.27. The largest absolute Gasteiger partial charge is 0.496 e. The zero-order chi connectivity index (χ0) is 14.8.